The molecule has 1 saturated carbocycles. The third-order valence-corrected chi connectivity index (χ3v) is 5.44. The number of carboxylic acids is 1. The van der Waals surface area contributed by atoms with Crippen molar-refractivity contribution in [3.8, 4) is 0 Å². The maximum atomic E-state index is 12.5. The Hall–Kier alpha value is -1.98. The second-order valence-corrected chi connectivity index (χ2v) is 7.66. The Labute approximate surface area is 167 Å². The van der Waals surface area contributed by atoms with Crippen LogP contribution in [0.15, 0.2) is 12.2 Å². The topological polar surface area (TPSA) is 97.7 Å². The van der Waals surface area contributed by atoms with E-state index in [1.807, 2.05) is 13.8 Å². The number of allylic oxidation sites excluding steroid dienone is 1. The van der Waals surface area contributed by atoms with E-state index in [9.17, 15) is 24.3 Å². The van der Waals surface area contributed by atoms with Gasteiger partial charge in [-0.25, -0.2) is 0 Å². The van der Waals surface area contributed by atoms with Gasteiger partial charge in [0.15, 0.2) is 5.78 Å². The number of ketones is 2. The van der Waals surface area contributed by atoms with E-state index in [0.29, 0.717) is 32.1 Å². The van der Waals surface area contributed by atoms with Crippen LogP contribution in [0.5, 0.6) is 0 Å². The Balaban J connectivity index is 3.26. The molecular weight excluding hydrogens is 360 g/mol. The third kappa shape index (κ3) is 6.57. The molecular formula is C22H34O6. The molecule has 0 aromatic carbocycles. The van der Waals surface area contributed by atoms with Crippen molar-refractivity contribution in [2.24, 2.45) is 11.8 Å². The largest absolute Gasteiger partial charge is 0.481 e. The van der Waals surface area contributed by atoms with Crippen LogP contribution in [0.25, 0.3) is 0 Å². The highest BCUT2D eigenvalue weighted by Crippen LogP contribution is 2.43. The Morgan fingerprint density at radius 2 is 1.89 bits per heavy atom. The Morgan fingerprint density at radius 3 is 2.39 bits per heavy atom. The Kier molecular flexibility index (Phi) is 10.1. The number of hydrogen-bond acceptors (Lipinski definition) is 5. The lowest BCUT2D eigenvalue weighted by atomic mass is 9.71. The summed E-state index contributed by atoms with van der Waals surface area (Å²) < 4.78 is 5.65. The average Bonchev–Trinajstić information content (AvgIpc) is 3.05. The highest BCUT2D eigenvalue weighted by Gasteiger charge is 2.54. The van der Waals surface area contributed by atoms with Gasteiger partial charge in [0.1, 0.15) is 17.3 Å². The molecule has 0 spiro atoms. The van der Waals surface area contributed by atoms with E-state index in [-0.39, 0.29) is 18.0 Å². The quantitative estimate of drug-likeness (QED) is 0.285. The summed E-state index contributed by atoms with van der Waals surface area (Å²) in [5.41, 5.74) is -1.44. The molecule has 0 radical (unpaired) electrons. The van der Waals surface area contributed by atoms with Gasteiger partial charge < -0.3 is 9.84 Å². The lowest BCUT2D eigenvalue weighted by Crippen LogP contribution is -2.52. The zero-order chi connectivity index (χ0) is 21.2. The molecule has 3 unspecified atom stereocenters. The molecule has 0 amide bonds. The van der Waals surface area contributed by atoms with Crippen molar-refractivity contribution < 1.29 is 29.0 Å². The number of esters is 1. The minimum atomic E-state index is -1.44. The summed E-state index contributed by atoms with van der Waals surface area (Å²) in [5, 5.41) is 9.93. The summed E-state index contributed by atoms with van der Waals surface area (Å²) in [6.45, 7) is 5.23. The first kappa shape index (κ1) is 24.1. The molecule has 0 aromatic rings. The number of carboxylic acid groups (broad SMARTS) is 1. The normalized spacial score (nSPS) is 20.1. The number of aliphatic carboxylic acids is 1. The first-order valence-corrected chi connectivity index (χ1v) is 10.4. The summed E-state index contributed by atoms with van der Waals surface area (Å²) in [4.78, 5) is 48.7. The van der Waals surface area contributed by atoms with Gasteiger partial charge in [-0.05, 0) is 38.2 Å². The standard InChI is InChI=1S/C22H34O6/c1-4-6-8-10-17(24)13-14-19(21(26)27)22(15-7-5-2,28-16(3)23)18-11-9-12-20(18)25/h13-14,18-19H,4-12,15H2,1-3H3,(H,26,27). The van der Waals surface area contributed by atoms with E-state index in [4.69, 9.17) is 4.74 Å². The fourth-order valence-electron chi connectivity index (χ4n) is 4.08. The number of rotatable bonds is 13. The molecule has 1 fully saturated rings. The number of unbranched alkanes of at least 4 members (excludes halogenated alkanes) is 3. The molecule has 0 saturated heterocycles. The van der Waals surface area contributed by atoms with E-state index in [1.54, 1.807) is 0 Å². The summed E-state index contributed by atoms with van der Waals surface area (Å²) >= 11 is 0. The fraction of sp³-hybridized carbons (Fsp3) is 0.727. The number of Topliss-reactive ketones (excluding diaryl/α,β-unsaturated/α-hetero) is 1. The number of carbonyl (C=O) groups is 4. The fourth-order valence-corrected chi connectivity index (χ4v) is 4.08. The predicted octanol–water partition coefficient (Wildman–Crippen LogP) is 4.25. The second kappa shape index (κ2) is 11.8. The van der Waals surface area contributed by atoms with E-state index in [1.165, 1.54) is 19.1 Å². The maximum absolute atomic E-state index is 12.5. The smallest absolute Gasteiger partial charge is 0.314 e. The van der Waals surface area contributed by atoms with Gasteiger partial charge in [-0.15, -0.1) is 0 Å². The van der Waals surface area contributed by atoms with Gasteiger partial charge in [0.2, 0.25) is 0 Å². The summed E-state index contributed by atoms with van der Waals surface area (Å²) in [6, 6.07) is 0. The molecule has 6 nitrogen and oxygen atoms in total. The molecule has 28 heavy (non-hydrogen) atoms. The van der Waals surface area contributed by atoms with Crippen molar-refractivity contribution in [3.05, 3.63) is 12.2 Å². The summed E-state index contributed by atoms with van der Waals surface area (Å²) in [7, 11) is 0. The van der Waals surface area contributed by atoms with Gasteiger partial charge in [-0.3, -0.25) is 19.2 Å². The second-order valence-electron chi connectivity index (χ2n) is 7.66. The van der Waals surface area contributed by atoms with Gasteiger partial charge in [-0.1, -0.05) is 39.2 Å². The predicted molar refractivity (Wildman–Crippen MR) is 106 cm³/mol. The number of ether oxygens (including phenoxy) is 1. The van der Waals surface area contributed by atoms with Gasteiger partial charge in [0.25, 0.3) is 0 Å². The number of carbonyl (C=O) groups excluding carboxylic acids is 3. The van der Waals surface area contributed by atoms with Gasteiger partial charge in [-0.2, -0.15) is 0 Å². The van der Waals surface area contributed by atoms with E-state index in [2.05, 4.69) is 0 Å². The first-order valence-electron chi connectivity index (χ1n) is 10.4. The lowest BCUT2D eigenvalue weighted by molar-refractivity contribution is -0.179. The van der Waals surface area contributed by atoms with Crippen LogP contribution in [-0.2, 0) is 23.9 Å². The highest BCUT2D eigenvalue weighted by molar-refractivity contribution is 5.91. The molecule has 1 aliphatic carbocycles. The molecule has 0 heterocycles. The Morgan fingerprint density at radius 1 is 1.21 bits per heavy atom. The van der Waals surface area contributed by atoms with Crippen molar-refractivity contribution in [1.29, 1.82) is 0 Å². The van der Waals surface area contributed by atoms with Crippen molar-refractivity contribution in [2.75, 3.05) is 0 Å². The molecule has 1 rings (SSSR count). The molecule has 0 bridgehead atoms. The lowest BCUT2D eigenvalue weighted by Gasteiger charge is -2.41. The van der Waals surface area contributed by atoms with E-state index >= 15 is 0 Å². The van der Waals surface area contributed by atoms with Crippen LogP contribution in [0.4, 0.5) is 0 Å². The molecule has 158 valence electrons. The molecule has 1 N–H and O–H groups in total. The van der Waals surface area contributed by atoms with Crippen LogP contribution >= 0.6 is 0 Å². The van der Waals surface area contributed by atoms with Crippen molar-refractivity contribution in [3.63, 3.8) is 0 Å². The summed E-state index contributed by atoms with van der Waals surface area (Å²) in [6.07, 6.45) is 8.86. The van der Waals surface area contributed by atoms with Gasteiger partial charge in [0.05, 0.1) is 5.92 Å². The molecule has 0 aromatic heterocycles. The van der Waals surface area contributed by atoms with Crippen molar-refractivity contribution in [2.45, 2.75) is 90.6 Å². The molecule has 6 heteroatoms. The summed E-state index contributed by atoms with van der Waals surface area (Å²) in [5.74, 6) is -3.88. The third-order valence-electron chi connectivity index (χ3n) is 5.44. The maximum Gasteiger partial charge on any atom is 0.314 e. The van der Waals surface area contributed by atoms with Crippen LogP contribution in [0, 0.1) is 11.8 Å². The molecule has 1 aliphatic rings. The van der Waals surface area contributed by atoms with Gasteiger partial charge in [0, 0.05) is 19.8 Å². The van der Waals surface area contributed by atoms with Crippen molar-refractivity contribution >= 4 is 23.5 Å². The van der Waals surface area contributed by atoms with E-state index in [0.717, 1.165) is 25.7 Å². The monoisotopic (exact) mass is 394 g/mol. The van der Waals surface area contributed by atoms with Crippen LogP contribution in [0.3, 0.4) is 0 Å². The van der Waals surface area contributed by atoms with Crippen LogP contribution in [0.2, 0.25) is 0 Å². The molecule has 3 atom stereocenters. The molecule has 0 aliphatic heterocycles. The zero-order valence-electron chi connectivity index (χ0n) is 17.4. The SMILES string of the molecule is CCCCCC(=O)C=CC(C(=O)O)C(CCCC)(OC(C)=O)C1CCCC1=O. The highest BCUT2D eigenvalue weighted by atomic mass is 16.6. The van der Waals surface area contributed by atoms with Crippen LogP contribution in [0.1, 0.15) is 85.0 Å². The average molecular weight is 395 g/mol. The number of hydrogen-bond donors (Lipinski definition) is 1. The Bertz CT molecular complexity index is 594. The van der Waals surface area contributed by atoms with Crippen molar-refractivity contribution in [1.82, 2.24) is 0 Å². The van der Waals surface area contributed by atoms with Crippen LogP contribution < -0.4 is 0 Å². The van der Waals surface area contributed by atoms with Crippen LogP contribution in [-0.4, -0.2) is 34.2 Å². The zero-order valence-corrected chi connectivity index (χ0v) is 17.4. The van der Waals surface area contributed by atoms with E-state index < -0.39 is 29.4 Å². The van der Waals surface area contributed by atoms with Gasteiger partial charge >= 0.3 is 11.9 Å². The minimum Gasteiger partial charge on any atom is -0.481 e. The first-order chi connectivity index (χ1) is 13.3. The minimum absolute atomic E-state index is 0.0636.